The maximum atomic E-state index is 4.36. The zero-order valence-electron chi connectivity index (χ0n) is 6.95. The van der Waals surface area contributed by atoms with Gasteiger partial charge in [-0.1, -0.05) is 13.3 Å². The smallest absolute Gasteiger partial charge is 0.111 e. The van der Waals surface area contributed by atoms with Crippen molar-refractivity contribution in [3.8, 4) is 0 Å². The lowest BCUT2D eigenvalue weighted by molar-refractivity contribution is 0.622. The minimum Gasteiger partial charge on any atom is -0.335 e. The minimum absolute atomic E-state index is 0.660. The van der Waals surface area contributed by atoms with E-state index in [2.05, 4.69) is 22.7 Å². The van der Waals surface area contributed by atoms with Gasteiger partial charge in [0.2, 0.25) is 0 Å². The van der Waals surface area contributed by atoms with Crippen LogP contribution in [0, 0.1) is 0 Å². The van der Waals surface area contributed by atoms with Gasteiger partial charge in [-0.25, -0.2) is 4.98 Å². The number of hydrogen-bond acceptors (Lipinski definition) is 1. The molecule has 1 aliphatic rings. The van der Waals surface area contributed by atoms with Gasteiger partial charge in [0.05, 0.1) is 0 Å². The second-order valence-corrected chi connectivity index (χ2v) is 3.38. The van der Waals surface area contributed by atoms with Crippen molar-refractivity contribution in [3.05, 3.63) is 18.2 Å². The summed E-state index contributed by atoms with van der Waals surface area (Å²) in [6.07, 6.45) is 7.98. The molecule has 0 aromatic carbocycles. The summed E-state index contributed by atoms with van der Waals surface area (Å²) < 4.78 is 2.29. The topological polar surface area (TPSA) is 17.8 Å². The van der Waals surface area contributed by atoms with Gasteiger partial charge in [-0.05, 0) is 12.8 Å². The molecule has 0 fully saturated rings. The number of nitrogens with zero attached hydrogens (tertiary/aromatic N) is 2. The lowest BCUT2D eigenvalue weighted by Crippen LogP contribution is -2.01. The second-order valence-electron chi connectivity index (χ2n) is 3.38. The van der Waals surface area contributed by atoms with E-state index in [4.69, 9.17) is 0 Å². The molecule has 11 heavy (non-hydrogen) atoms. The number of imidazole rings is 1. The van der Waals surface area contributed by atoms with Crippen molar-refractivity contribution in [2.75, 3.05) is 0 Å². The average molecular weight is 150 g/mol. The van der Waals surface area contributed by atoms with Gasteiger partial charge in [0.15, 0.2) is 0 Å². The highest BCUT2D eigenvalue weighted by atomic mass is 15.1. The van der Waals surface area contributed by atoms with E-state index in [0.717, 1.165) is 0 Å². The fourth-order valence-electron chi connectivity index (χ4n) is 1.80. The van der Waals surface area contributed by atoms with Gasteiger partial charge in [-0.15, -0.1) is 0 Å². The van der Waals surface area contributed by atoms with E-state index >= 15 is 0 Å². The number of fused-ring (bicyclic) bond motifs is 1. The van der Waals surface area contributed by atoms with E-state index in [0.29, 0.717) is 5.92 Å². The summed E-state index contributed by atoms with van der Waals surface area (Å²) in [5, 5.41) is 0. The fraction of sp³-hybridized carbons (Fsp3) is 0.667. The minimum atomic E-state index is 0.660. The lowest BCUT2D eigenvalue weighted by Gasteiger charge is -2.06. The third kappa shape index (κ3) is 1.17. The van der Waals surface area contributed by atoms with Crippen molar-refractivity contribution in [3.63, 3.8) is 0 Å². The zero-order chi connectivity index (χ0) is 7.68. The normalized spacial score (nSPS) is 24.3. The fourth-order valence-corrected chi connectivity index (χ4v) is 1.80. The zero-order valence-corrected chi connectivity index (χ0v) is 6.95. The van der Waals surface area contributed by atoms with Crippen LogP contribution in [-0.4, -0.2) is 9.55 Å². The Bertz CT molecular complexity index is 239. The Balaban J connectivity index is 2.34. The van der Waals surface area contributed by atoms with Crippen LogP contribution in [0.5, 0.6) is 0 Å². The third-order valence-electron chi connectivity index (χ3n) is 2.47. The molecule has 0 radical (unpaired) electrons. The van der Waals surface area contributed by atoms with Crippen LogP contribution in [0.4, 0.5) is 0 Å². The quantitative estimate of drug-likeness (QED) is 0.554. The molecule has 2 heteroatoms. The number of rotatable bonds is 0. The van der Waals surface area contributed by atoms with Crippen LogP contribution >= 0.6 is 0 Å². The van der Waals surface area contributed by atoms with Crippen LogP contribution in [0.25, 0.3) is 0 Å². The molecular weight excluding hydrogens is 136 g/mol. The van der Waals surface area contributed by atoms with Gasteiger partial charge >= 0.3 is 0 Å². The Labute approximate surface area is 67.3 Å². The van der Waals surface area contributed by atoms with Crippen LogP contribution in [0.3, 0.4) is 0 Å². The molecule has 1 aromatic heterocycles. The summed E-state index contributed by atoms with van der Waals surface area (Å²) >= 11 is 0. The Morgan fingerprint density at radius 3 is 3.36 bits per heavy atom. The van der Waals surface area contributed by atoms with Gasteiger partial charge in [0.1, 0.15) is 5.82 Å². The summed E-state index contributed by atoms with van der Waals surface area (Å²) in [5.74, 6) is 1.94. The van der Waals surface area contributed by atoms with Crippen LogP contribution in [0.15, 0.2) is 12.4 Å². The maximum absolute atomic E-state index is 4.36. The molecule has 0 amide bonds. The highest BCUT2D eigenvalue weighted by Gasteiger charge is 2.14. The van der Waals surface area contributed by atoms with Crippen molar-refractivity contribution in [1.82, 2.24) is 9.55 Å². The van der Waals surface area contributed by atoms with E-state index in [1.807, 2.05) is 6.20 Å². The van der Waals surface area contributed by atoms with Crippen LogP contribution in [-0.2, 0) is 6.54 Å². The molecule has 2 nitrogen and oxygen atoms in total. The van der Waals surface area contributed by atoms with Crippen molar-refractivity contribution in [2.45, 2.75) is 38.6 Å². The van der Waals surface area contributed by atoms with E-state index in [-0.39, 0.29) is 0 Å². The largest absolute Gasteiger partial charge is 0.335 e. The Kier molecular flexibility index (Phi) is 1.68. The number of aryl methyl sites for hydroxylation is 1. The van der Waals surface area contributed by atoms with E-state index in [1.165, 1.54) is 31.6 Å². The van der Waals surface area contributed by atoms with Gasteiger partial charge in [0, 0.05) is 24.9 Å². The van der Waals surface area contributed by atoms with Gasteiger partial charge in [0.25, 0.3) is 0 Å². The summed E-state index contributed by atoms with van der Waals surface area (Å²) in [6, 6.07) is 0. The molecule has 0 spiro atoms. The van der Waals surface area contributed by atoms with Gasteiger partial charge in [-0.3, -0.25) is 0 Å². The van der Waals surface area contributed by atoms with Crippen LogP contribution in [0.2, 0.25) is 0 Å². The molecule has 1 aliphatic heterocycles. The Morgan fingerprint density at radius 2 is 2.45 bits per heavy atom. The van der Waals surface area contributed by atoms with E-state index < -0.39 is 0 Å². The predicted molar refractivity (Wildman–Crippen MR) is 44.5 cm³/mol. The average Bonchev–Trinajstić information content (AvgIpc) is 2.40. The van der Waals surface area contributed by atoms with Crippen molar-refractivity contribution in [2.24, 2.45) is 0 Å². The first kappa shape index (κ1) is 6.89. The van der Waals surface area contributed by atoms with Crippen molar-refractivity contribution >= 4 is 0 Å². The van der Waals surface area contributed by atoms with Crippen LogP contribution in [0.1, 0.15) is 37.9 Å². The highest BCUT2D eigenvalue weighted by molar-refractivity contribution is 5.00. The maximum Gasteiger partial charge on any atom is 0.111 e. The van der Waals surface area contributed by atoms with Gasteiger partial charge in [-0.2, -0.15) is 0 Å². The molecule has 0 unspecified atom stereocenters. The molecule has 60 valence electrons. The van der Waals surface area contributed by atoms with E-state index in [1.54, 1.807) is 0 Å². The monoisotopic (exact) mass is 150 g/mol. The third-order valence-corrected chi connectivity index (χ3v) is 2.47. The summed E-state index contributed by atoms with van der Waals surface area (Å²) in [7, 11) is 0. The molecule has 0 saturated carbocycles. The van der Waals surface area contributed by atoms with Crippen molar-refractivity contribution in [1.29, 1.82) is 0 Å². The molecular formula is C9H14N2. The summed E-state index contributed by atoms with van der Waals surface area (Å²) in [4.78, 5) is 4.36. The Hall–Kier alpha value is -0.790. The number of aromatic nitrogens is 2. The molecule has 2 rings (SSSR count). The Morgan fingerprint density at radius 1 is 1.55 bits per heavy atom. The molecule has 0 N–H and O–H groups in total. The molecule has 0 bridgehead atoms. The predicted octanol–water partition coefficient (Wildman–Crippen LogP) is 2.17. The van der Waals surface area contributed by atoms with Crippen molar-refractivity contribution < 1.29 is 0 Å². The molecule has 0 saturated heterocycles. The second kappa shape index (κ2) is 2.68. The first-order valence-electron chi connectivity index (χ1n) is 4.39. The molecule has 1 atom stereocenters. The highest BCUT2D eigenvalue weighted by Crippen LogP contribution is 2.23. The van der Waals surface area contributed by atoms with E-state index in [9.17, 15) is 0 Å². The van der Waals surface area contributed by atoms with Gasteiger partial charge < -0.3 is 4.57 Å². The summed E-state index contributed by atoms with van der Waals surface area (Å²) in [6.45, 7) is 3.43. The molecule has 1 aromatic rings. The standard InChI is InChI=1S/C9H14N2/c1-8-4-2-3-6-11-7-5-10-9(8)11/h5,7-8H,2-4,6H2,1H3/t8-/m0/s1. The molecule has 2 heterocycles. The number of hydrogen-bond donors (Lipinski definition) is 0. The lowest BCUT2D eigenvalue weighted by atomic mass is 10.1. The molecule has 0 aliphatic carbocycles. The first-order valence-corrected chi connectivity index (χ1v) is 4.39. The summed E-state index contributed by atoms with van der Waals surface area (Å²) in [5.41, 5.74) is 0. The first-order chi connectivity index (χ1) is 5.38. The van der Waals surface area contributed by atoms with Crippen LogP contribution < -0.4 is 0 Å². The SMILES string of the molecule is C[C@H]1CCCCn2ccnc21.